The van der Waals surface area contributed by atoms with Crippen molar-refractivity contribution in [2.75, 3.05) is 144 Å². The number of carbonyl (C=O) groups is 1. The molecule has 0 saturated heterocycles. The van der Waals surface area contributed by atoms with Crippen molar-refractivity contribution in [1.82, 2.24) is 0 Å². The van der Waals surface area contributed by atoms with Gasteiger partial charge in [0, 0.05) is 75.9 Å². The lowest BCUT2D eigenvalue weighted by molar-refractivity contribution is -0.941. The lowest BCUT2D eigenvalue weighted by Crippen LogP contribution is -2.52. The van der Waals surface area contributed by atoms with Crippen LogP contribution in [-0.4, -0.2) is 159 Å². The molecular weight excluding hydrogens is 985 g/mol. The summed E-state index contributed by atoms with van der Waals surface area (Å²) in [5.41, 5.74) is 7.18. The Hall–Kier alpha value is -6.07. The molecule has 0 amide bonds. The molecule has 77 heavy (non-hydrogen) atoms. The Labute approximate surface area is 458 Å². The maximum atomic E-state index is 12.8. The Morgan fingerprint density at radius 3 is 1.25 bits per heavy atom. The van der Waals surface area contributed by atoms with Crippen molar-refractivity contribution in [3.8, 4) is 57.5 Å². The highest BCUT2D eigenvalue weighted by molar-refractivity contribution is 5.69. The Kier molecular flexibility index (Phi) is 23.1. The molecule has 2 aliphatic rings. The van der Waals surface area contributed by atoms with E-state index in [9.17, 15) is 4.79 Å². The first-order valence-corrected chi connectivity index (χ1v) is 27.1. The quantitative estimate of drug-likeness (QED) is 0.0194. The van der Waals surface area contributed by atoms with E-state index in [-0.39, 0.29) is 18.1 Å². The molecule has 0 bridgehead atoms. The number of allylic oxidation sites excluding steroid dienone is 2. The number of quaternary nitrogens is 2. The van der Waals surface area contributed by atoms with Crippen molar-refractivity contribution in [3.63, 3.8) is 0 Å². The first-order valence-electron chi connectivity index (χ1n) is 27.1. The highest BCUT2D eigenvalue weighted by atomic mass is 16.5. The van der Waals surface area contributed by atoms with Gasteiger partial charge in [-0.3, -0.25) is 4.79 Å². The van der Waals surface area contributed by atoms with Crippen LogP contribution in [0.25, 0.3) is 0 Å². The molecule has 0 N–H and O–H groups in total. The molecule has 0 spiro atoms. The van der Waals surface area contributed by atoms with E-state index in [1.807, 2.05) is 12.1 Å². The predicted molar refractivity (Wildman–Crippen MR) is 297 cm³/mol. The van der Waals surface area contributed by atoms with Crippen LogP contribution in [0.3, 0.4) is 0 Å². The van der Waals surface area contributed by atoms with Gasteiger partial charge in [0.1, 0.15) is 12.1 Å². The standard InChI is InChI=1S/C61H88N2O14/c1-62(26-22-45-39-51(65-3)53(67-5)41-47(45)49(62)33-43-35-55(69-7)60(73-11)56(36-43)70-8)24-18-29-76-31-20-30-75-28-17-15-13-14-16-21-59(64)77-32-19-25-63(2)27-23-46-40-52(66-4)54(68-6)42-48(46)50(63)34-44-37-57(71-9)61(74-12)58(38-44)72-10/h13-14,35-42,49-50H,15-34H2,1-12H3/q+2/b14-13+/t49-,50-,62-,63-/m1/s1. The molecular formula is C61H88N2O14+2. The molecule has 0 aliphatic carbocycles. The smallest absolute Gasteiger partial charge is 0.306 e. The maximum absolute atomic E-state index is 12.8. The Morgan fingerprint density at radius 2 is 0.831 bits per heavy atom. The van der Waals surface area contributed by atoms with Crippen LogP contribution < -0.4 is 47.4 Å². The van der Waals surface area contributed by atoms with Crippen molar-refractivity contribution >= 4 is 5.97 Å². The van der Waals surface area contributed by atoms with Gasteiger partial charge >= 0.3 is 5.97 Å². The molecule has 2 aliphatic heterocycles. The largest absolute Gasteiger partial charge is 0.493 e. The molecule has 0 unspecified atom stereocenters. The zero-order valence-corrected chi connectivity index (χ0v) is 48.2. The highest BCUT2D eigenvalue weighted by Crippen LogP contribution is 2.47. The summed E-state index contributed by atoms with van der Waals surface area (Å²) in [7, 11) is 21.2. The second-order valence-corrected chi connectivity index (χ2v) is 20.3. The fourth-order valence-corrected chi connectivity index (χ4v) is 11.2. The Balaban J connectivity index is 0.878. The first kappa shape index (κ1) is 60.2. The number of rotatable bonds is 33. The molecule has 6 rings (SSSR count). The molecule has 0 aromatic heterocycles. The van der Waals surface area contributed by atoms with E-state index in [2.05, 4.69) is 62.6 Å². The minimum atomic E-state index is -0.176. The molecule has 4 atom stereocenters. The average Bonchev–Trinajstić information content (AvgIpc) is 3.47. The number of nitrogens with zero attached hydrogens (tertiary/aromatic N) is 2. The van der Waals surface area contributed by atoms with E-state index in [1.165, 1.54) is 22.3 Å². The third-order valence-corrected chi connectivity index (χ3v) is 15.6. The number of hydrogen-bond donors (Lipinski definition) is 0. The van der Waals surface area contributed by atoms with E-state index in [0.29, 0.717) is 86.1 Å². The Bertz CT molecular complexity index is 2500. The van der Waals surface area contributed by atoms with Crippen LogP contribution in [-0.2, 0) is 44.7 Å². The minimum absolute atomic E-state index is 0.0835. The highest BCUT2D eigenvalue weighted by Gasteiger charge is 2.42. The van der Waals surface area contributed by atoms with Gasteiger partial charge in [-0.25, -0.2) is 0 Å². The van der Waals surface area contributed by atoms with Crippen LogP contribution >= 0.6 is 0 Å². The van der Waals surface area contributed by atoms with Crippen molar-refractivity contribution in [1.29, 1.82) is 0 Å². The topological polar surface area (TPSA) is 137 Å². The van der Waals surface area contributed by atoms with Gasteiger partial charge in [-0.1, -0.05) is 12.2 Å². The van der Waals surface area contributed by atoms with Gasteiger partial charge in [-0.15, -0.1) is 0 Å². The van der Waals surface area contributed by atoms with Crippen LogP contribution in [0.1, 0.15) is 90.4 Å². The number of unbranched alkanes of at least 4 members (excludes halogenated alkanes) is 1. The molecule has 16 heteroatoms. The van der Waals surface area contributed by atoms with Crippen LogP contribution in [0.2, 0.25) is 0 Å². The van der Waals surface area contributed by atoms with Crippen molar-refractivity contribution < 1.29 is 75.3 Å². The third kappa shape index (κ3) is 15.4. The number of ether oxygens (including phenoxy) is 13. The normalized spacial score (nSPS) is 18.7. The monoisotopic (exact) mass is 1070 g/mol. The third-order valence-electron chi connectivity index (χ3n) is 15.6. The summed E-state index contributed by atoms with van der Waals surface area (Å²) in [6.07, 6.45) is 12.8. The second kappa shape index (κ2) is 29.6. The lowest BCUT2D eigenvalue weighted by Gasteiger charge is -2.46. The average molecular weight is 1070 g/mol. The van der Waals surface area contributed by atoms with Crippen molar-refractivity contribution in [2.45, 2.75) is 82.7 Å². The summed E-state index contributed by atoms with van der Waals surface area (Å²) in [6, 6.07) is 16.9. The van der Waals surface area contributed by atoms with Gasteiger partial charge in [-0.05, 0) is 96.5 Å². The summed E-state index contributed by atoms with van der Waals surface area (Å²) in [6.45, 7) is 6.74. The molecule has 0 radical (unpaired) electrons. The molecule has 16 nitrogen and oxygen atoms in total. The van der Waals surface area contributed by atoms with Crippen LogP contribution in [0.15, 0.2) is 60.7 Å². The lowest BCUT2D eigenvalue weighted by atomic mass is 9.86. The van der Waals surface area contributed by atoms with Crippen LogP contribution in [0, 0.1) is 0 Å². The molecule has 424 valence electrons. The Morgan fingerprint density at radius 1 is 0.455 bits per heavy atom. The summed E-state index contributed by atoms with van der Waals surface area (Å²) >= 11 is 0. The number of carbonyl (C=O) groups excluding carboxylic acids is 1. The maximum Gasteiger partial charge on any atom is 0.306 e. The zero-order chi connectivity index (χ0) is 55.4. The SMILES string of the molecule is COc1cc2c(cc1OC)[C@@H](Cc1cc(OC)c(OC)c(OC)c1)[N@+](C)(CCCOCCCOCCC/C=C/CCC(=O)OCCC[N@+]1(C)CCc3cc(OC)c(OC)cc3[C@H]1Cc1cc(OC)c(OC)c(OC)c1)CC2. The molecule has 4 aromatic rings. The molecule has 0 saturated carbocycles. The summed E-state index contributed by atoms with van der Waals surface area (Å²) < 4.78 is 76.4. The zero-order valence-electron chi connectivity index (χ0n) is 48.2. The number of fused-ring (bicyclic) bond motifs is 2. The van der Waals surface area contributed by atoms with Crippen molar-refractivity contribution in [2.24, 2.45) is 0 Å². The van der Waals surface area contributed by atoms with E-state index < -0.39 is 0 Å². The van der Waals surface area contributed by atoms with Gasteiger partial charge in [0.15, 0.2) is 46.0 Å². The number of benzene rings is 4. The van der Waals surface area contributed by atoms with E-state index in [1.54, 1.807) is 71.1 Å². The number of esters is 1. The first-order chi connectivity index (χ1) is 37.4. The number of hydrogen-bond acceptors (Lipinski definition) is 14. The predicted octanol–water partition coefficient (Wildman–Crippen LogP) is 9.91. The van der Waals surface area contributed by atoms with E-state index in [4.69, 9.17) is 61.6 Å². The molecule has 0 fully saturated rings. The van der Waals surface area contributed by atoms with Crippen LogP contribution in [0.5, 0.6) is 57.5 Å². The summed E-state index contributed by atoms with van der Waals surface area (Å²) in [5, 5.41) is 0. The fraction of sp³-hybridized carbons (Fsp3) is 0.557. The summed E-state index contributed by atoms with van der Waals surface area (Å²) in [5.74, 6) is 6.41. The second-order valence-electron chi connectivity index (χ2n) is 20.3. The molecule has 4 aromatic carbocycles. The summed E-state index contributed by atoms with van der Waals surface area (Å²) in [4.78, 5) is 12.8. The fourth-order valence-electron chi connectivity index (χ4n) is 11.2. The van der Waals surface area contributed by atoms with Gasteiger partial charge in [0.05, 0.1) is 125 Å². The van der Waals surface area contributed by atoms with Gasteiger partial charge in [-0.2, -0.15) is 0 Å². The molecule has 2 heterocycles. The van der Waals surface area contributed by atoms with Crippen molar-refractivity contribution in [3.05, 3.63) is 94.1 Å². The van der Waals surface area contributed by atoms with E-state index in [0.717, 1.165) is 121 Å². The van der Waals surface area contributed by atoms with E-state index >= 15 is 0 Å². The number of methoxy groups -OCH3 is 10. The van der Waals surface area contributed by atoms with Gasteiger partial charge in [0.25, 0.3) is 0 Å². The number of likely N-dealkylation sites (N-methyl/N-ethyl adjacent to an activating group) is 2. The van der Waals surface area contributed by atoms with Gasteiger partial charge in [0.2, 0.25) is 11.5 Å². The van der Waals surface area contributed by atoms with Gasteiger partial charge < -0.3 is 70.5 Å². The van der Waals surface area contributed by atoms with Crippen LogP contribution in [0.4, 0.5) is 0 Å². The minimum Gasteiger partial charge on any atom is -0.493 e.